The lowest BCUT2D eigenvalue weighted by atomic mass is 9.78. The largest absolute Gasteiger partial charge is 0.378 e. The van der Waals surface area contributed by atoms with Gasteiger partial charge in [-0.05, 0) is 31.1 Å². The zero-order chi connectivity index (χ0) is 13.0. The van der Waals surface area contributed by atoms with Crippen molar-refractivity contribution in [3.05, 3.63) is 0 Å². The Labute approximate surface area is 111 Å². The van der Waals surface area contributed by atoms with Crippen molar-refractivity contribution in [2.75, 3.05) is 19.8 Å². The Balaban J connectivity index is 1.93. The zero-order valence-corrected chi connectivity index (χ0v) is 11.8. The lowest BCUT2D eigenvalue weighted by molar-refractivity contribution is -0.104. The van der Waals surface area contributed by atoms with Crippen LogP contribution < -0.4 is 11.3 Å². The quantitative estimate of drug-likeness (QED) is 0.582. The smallest absolute Gasteiger partial charge is 0.0939 e. The van der Waals surface area contributed by atoms with E-state index < -0.39 is 0 Å². The van der Waals surface area contributed by atoms with Crippen molar-refractivity contribution in [2.45, 2.75) is 57.6 Å². The van der Waals surface area contributed by atoms with Crippen molar-refractivity contribution >= 4 is 0 Å². The van der Waals surface area contributed by atoms with Crippen LogP contribution in [-0.4, -0.2) is 31.5 Å². The van der Waals surface area contributed by atoms with Crippen LogP contribution in [0, 0.1) is 11.8 Å². The van der Waals surface area contributed by atoms with Gasteiger partial charge in [0.25, 0.3) is 0 Å². The van der Waals surface area contributed by atoms with Crippen molar-refractivity contribution in [1.82, 2.24) is 5.43 Å². The number of nitrogens with two attached hydrogens (primary N) is 1. The van der Waals surface area contributed by atoms with Crippen LogP contribution in [0.15, 0.2) is 0 Å². The highest BCUT2D eigenvalue weighted by Crippen LogP contribution is 2.38. The number of hydrogen-bond donors (Lipinski definition) is 2. The van der Waals surface area contributed by atoms with Crippen LogP contribution in [0.3, 0.4) is 0 Å². The van der Waals surface area contributed by atoms with Crippen LogP contribution in [0.4, 0.5) is 0 Å². The fourth-order valence-electron chi connectivity index (χ4n) is 3.27. The van der Waals surface area contributed by atoms with Crippen LogP contribution in [-0.2, 0) is 9.47 Å². The Bertz CT molecular complexity index is 254. The molecule has 2 fully saturated rings. The highest BCUT2D eigenvalue weighted by Gasteiger charge is 2.42. The molecule has 0 aromatic carbocycles. The summed E-state index contributed by atoms with van der Waals surface area (Å²) in [6.45, 7) is 7.02. The summed E-state index contributed by atoms with van der Waals surface area (Å²) in [5, 5.41) is 0. The predicted octanol–water partition coefficient (Wildman–Crippen LogP) is 1.84. The first-order chi connectivity index (χ1) is 8.69. The van der Waals surface area contributed by atoms with E-state index in [1.807, 2.05) is 0 Å². The topological polar surface area (TPSA) is 56.5 Å². The lowest BCUT2D eigenvalue weighted by Gasteiger charge is -2.40. The van der Waals surface area contributed by atoms with Crippen molar-refractivity contribution in [3.8, 4) is 0 Å². The number of hydrogen-bond acceptors (Lipinski definition) is 4. The first kappa shape index (κ1) is 14.3. The first-order valence-corrected chi connectivity index (χ1v) is 7.37. The summed E-state index contributed by atoms with van der Waals surface area (Å²) < 4.78 is 11.5. The van der Waals surface area contributed by atoms with Gasteiger partial charge in [-0.2, -0.15) is 0 Å². The molecule has 0 amide bonds. The number of rotatable bonds is 5. The summed E-state index contributed by atoms with van der Waals surface area (Å²) in [5.74, 6) is 7.12. The molecule has 4 nitrogen and oxygen atoms in total. The molecule has 106 valence electrons. The van der Waals surface area contributed by atoms with E-state index in [4.69, 9.17) is 15.3 Å². The molecule has 4 unspecified atom stereocenters. The SMILES string of the molecule is CCC(C)CC(NN)C1CCOC2(CCOC2)C1. The van der Waals surface area contributed by atoms with E-state index >= 15 is 0 Å². The summed E-state index contributed by atoms with van der Waals surface area (Å²) in [7, 11) is 0. The second kappa shape index (κ2) is 6.33. The molecule has 2 rings (SSSR count). The summed E-state index contributed by atoms with van der Waals surface area (Å²) in [4.78, 5) is 0. The second-order valence-corrected chi connectivity index (χ2v) is 6.11. The maximum Gasteiger partial charge on any atom is 0.0939 e. The van der Waals surface area contributed by atoms with Gasteiger partial charge in [-0.15, -0.1) is 0 Å². The van der Waals surface area contributed by atoms with Crippen LogP contribution in [0.1, 0.15) is 46.0 Å². The van der Waals surface area contributed by atoms with Crippen molar-refractivity contribution in [3.63, 3.8) is 0 Å². The fourth-order valence-corrected chi connectivity index (χ4v) is 3.27. The van der Waals surface area contributed by atoms with E-state index in [-0.39, 0.29) is 5.60 Å². The number of hydrazine groups is 1. The number of nitrogens with one attached hydrogen (secondary N) is 1. The Kier molecular flexibility index (Phi) is 5.01. The predicted molar refractivity (Wildman–Crippen MR) is 72.0 cm³/mol. The molecule has 2 saturated heterocycles. The molecule has 0 aliphatic carbocycles. The molecule has 18 heavy (non-hydrogen) atoms. The molecule has 4 heteroatoms. The minimum atomic E-state index is -0.00648. The Morgan fingerprint density at radius 3 is 2.89 bits per heavy atom. The maximum atomic E-state index is 5.99. The van der Waals surface area contributed by atoms with Crippen LogP contribution in [0.25, 0.3) is 0 Å². The van der Waals surface area contributed by atoms with Crippen LogP contribution in [0.2, 0.25) is 0 Å². The normalized spacial score (nSPS) is 35.8. The van der Waals surface area contributed by atoms with E-state index in [2.05, 4.69) is 19.3 Å². The van der Waals surface area contributed by atoms with Crippen LogP contribution in [0.5, 0.6) is 0 Å². The van der Waals surface area contributed by atoms with Gasteiger partial charge in [0.15, 0.2) is 0 Å². The summed E-state index contributed by atoms with van der Waals surface area (Å²) in [6, 6.07) is 0.418. The van der Waals surface area contributed by atoms with Gasteiger partial charge in [-0.3, -0.25) is 11.3 Å². The summed E-state index contributed by atoms with van der Waals surface area (Å²) in [6.07, 6.45) is 5.64. The Hall–Kier alpha value is -0.160. The van der Waals surface area contributed by atoms with Gasteiger partial charge in [0.1, 0.15) is 0 Å². The molecule has 3 N–H and O–H groups in total. The molecule has 0 aromatic heterocycles. The Morgan fingerprint density at radius 2 is 2.28 bits per heavy atom. The molecule has 0 bridgehead atoms. The molecule has 1 spiro atoms. The molecule has 4 atom stereocenters. The van der Waals surface area contributed by atoms with Gasteiger partial charge in [-0.25, -0.2) is 0 Å². The highest BCUT2D eigenvalue weighted by atomic mass is 16.6. The van der Waals surface area contributed by atoms with Gasteiger partial charge in [0.2, 0.25) is 0 Å². The molecule has 2 aliphatic heterocycles. The molecule has 2 heterocycles. The van der Waals surface area contributed by atoms with E-state index in [1.165, 1.54) is 6.42 Å². The minimum absolute atomic E-state index is 0.00648. The lowest BCUT2D eigenvalue weighted by Crippen LogP contribution is -2.49. The molecular formula is C14H28N2O2. The molecule has 0 aromatic rings. The third-order valence-electron chi connectivity index (χ3n) is 4.73. The molecule has 2 aliphatic rings. The average Bonchev–Trinajstić information content (AvgIpc) is 2.83. The van der Waals surface area contributed by atoms with Gasteiger partial charge in [0, 0.05) is 25.7 Å². The molecule has 0 radical (unpaired) electrons. The van der Waals surface area contributed by atoms with Crippen molar-refractivity contribution in [2.24, 2.45) is 17.7 Å². The van der Waals surface area contributed by atoms with Gasteiger partial charge in [-0.1, -0.05) is 20.3 Å². The van der Waals surface area contributed by atoms with Crippen molar-refractivity contribution < 1.29 is 9.47 Å². The van der Waals surface area contributed by atoms with Crippen LogP contribution >= 0.6 is 0 Å². The van der Waals surface area contributed by atoms with Gasteiger partial charge in [0.05, 0.1) is 12.2 Å². The zero-order valence-electron chi connectivity index (χ0n) is 11.8. The van der Waals surface area contributed by atoms with Gasteiger partial charge < -0.3 is 9.47 Å². The summed E-state index contributed by atoms with van der Waals surface area (Å²) in [5.41, 5.74) is 3.04. The molecular weight excluding hydrogens is 228 g/mol. The highest BCUT2D eigenvalue weighted by molar-refractivity contribution is 4.93. The van der Waals surface area contributed by atoms with E-state index in [0.717, 1.165) is 51.4 Å². The van der Waals surface area contributed by atoms with E-state index in [9.17, 15) is 0 Å². The first-order valence-electron chi connectivity index (χ1n) is 7.37. The summed E-state index contributed by atoms with van der Waals surface area (Å²) >= 11 is 0. The standard InChI is InChI=1S/C14H28N2O2/c1-3-11(2)8-13(16-15)12-4-6-18-14(9-12)5-7-17-10-14/h11-13,16H,3-10,15H2,1-2H3. The van der Waals surface area contributed by atoms with Gasteiger partial charge >= 0.3 is 0 Å². The maximum absolute atomic E-state index is 5.99. The average molecular weight is 256 g/mol. The second-order valence-electron chi connectivity index (χ2n) is 6.11. The van der Waals surface area contributed by atoms with E-state index in [0.29, 0.717) is 12.0 Å². The fraction of sp³-hybridized carbons (Fsp3) is 1.00. The minimum Gasteiger partial charge on any atom is -0.378 e. The monoisotopic (exact) mass is 256 g/mol. The van der Waals surface area contributed by atoms with Crippen molar-refractivity contribution in [1.29, 1.82) is 0 Å². The van der Waals surface area contributed by atoms with E-state index in [1.54, 1.807) is 0 Å². The Morgan fingerprint density at radius 1 is 1.44 bits per heavy atom. The third-order valence-corrected chi connectivity index (χ3v) is 4.73. The number of ether oxygens (including phenoxy) is 2. The molecule has 0 saturated carbocycles. The third kappa shape index (κ3) is 3.23.